The Morgan fingerprint density at radius 1 is 1.27 bits per heavy atom. The fraction of sp³-hybridized carbons (Fsp3) is 0.294. The maximum absolute atomic E-state index is 13.8. The molecule has 2 nitrogen and oxygen atoms in total. The van der Waals surface area contributed by atoms with Crippen LogP contribution in [0.2, 0.25) is 5.02 Å². The van der Waals surface area contributed by atoms with Crippen molar-refractivity contribution in [1.82, 2.24) is 5.32 Å². The number of hydrogen-bond acceptors (Lipinski definition) is 2. The Kier molecular flexibility index (Phi) is 5.01. The number of halogens is 3. The highest BCUT2D eigenvalue weighted by atomic mass is 79.9. The van der Waals surface area contributed by atoms with E-state index in [-0.39, 0.29) is 12.4 Å². The molecule has 1 saturated carbocycles. The molecule has 0 radical (unpaired) electrons. The van der Waals surface area contributed by atoms with E-state index in [0.29, 0.717) is 16.6 Å². The van der Waals surface area contributed by atoms with Gasteiger partial charge in [0, 0.05) is 28.2 Å². The maximum Gasteiger partial charge on any atom is 0.131 e. The Morgan fingerprint density at radius 3 is 2.82 bits per heavy atom. The molecule has 2 aromatic rings. The lowest BCUT2D eigenvalue weighted by Gasteiger charge is -2.14. The zero-order chi connectivity index (χ0) is 15.5. The first-order valence-corrected chi connectivity index (χ1v) is 8.38. The van der Waals surface area contributed by atoms with Crippen LogP contribution in [0.3, 0.4) is 0 Å². The molecule has 0 bridgehead atoms. The third kappa shape index (κ3) is 4.00. The van der Waals surface area contributed by atoms with Crippen molar-refractivity contribution in [1.29, 1.82) is 0 Å². The summed E-state index contributed by atoms with van der Waals surface area (Å²) >= 11 is 9.51. The smallest absolute Gasteiger partial charge is 0.131 e. The molecule has 1 N–H and O–H groups in total. The van der Waals surface area contributed by atoms with Crippen LogP contribution in [0.15, 0.2) is 40.9 Å². The SMILES string of the molecule is Fc1cccc(Cl)c1COc1ccc(Br)cc1CNC1CC1. The van der Waals surface area contributed by atoms with Gasteiger partial charge in [-0.3, -0.25) is 0 Å². The first-order valence-electron chi connectivity index (χ1n) is 7.21. The summed E-state index contributed by atoms with van der Waals surface area (Å²) in [5, 5.41) is 3.84. The number of ether oxygens (including phenoxy) is 1. The van der Waals surface area contributed by atoms with Crippen LogP contribution < -0.4 is 10.1 Å². The van der Waals surface area contributed by atoms with Gasteiger partial charge < -0.3 is 10.1 Å². The van der Waals surface area contributed by atoms with E-state index in [1.807, 2.05) is 18.2 Å². The molecule has 0 unspecified atom stereocenters. The summed E-state index contributed by atoms with van der Waals surface area (Å²) < 4.78 is 20.6. The molecule has 0 spiro atoms. The summed E-state index contributed by atoms with van der Waals surface area (Å²) in [5.74, 6) is 0.401. The molecular formula is C17H16BrClFNO. The van der Waals surface area contributed by atoms with E-state index in [0.717, 1.165) is 22.3 Å². The van der Waals surface area contributed by atoms with Crippen molar-refractivity contribution in [2.75, 3.05) is 0 Å². The molecule has 116 valence electrons. The standard InChI is InChI=1S/C17H16BrClFNO/c18-12-4-7-17(11(8-12)9-21-13-5-6-13)22-10-14-15(19)2-1-3-16(14)20/h1-4,7-8,13,21H,5-6,9-10H2. The van der Waals surface area contributed by atoms with Crippen molar-refractivity contribution < 1.29 is 9.13 Å². The van der Waals surface area contributed by atoms with Gasteiger partial charge in [-0.15, -0.1) is 0 Å². The van der Waals surface area contributed by atoms with Gasteiger partial charge >= 0.3 is 0 Å². The lowest BCUT2D eigenvalue weighted by Crippen LogP contribution is -2.16. The summed E-state index contributed by atoms with van der Waals surface area (Å²) in [4.78, 5) is 0. The molecule has 22 heavy (non-hydrogen) atoms. The quantitative estimate of drug-likeness (QED) is 0.750. The van der Waals surface area contributed by atoms with E-state index >= 15 is 0 Å². The van der Waals surface area contributed by atoms with Gasteiger partial charge in [-0.1, -0.05) is 33.6 Å². The van der Waals surface area contributed by atoms with E-state index in [1.54, 1.807) is 12.1 Å². The minimum Gasteiger partial charge on any atom is -0.488 e. The Bertz CT molecular complexity index is 655. The average molecular weight is 385 g/mol. The molecule has 2 aromatic carbocycles. The Labute approximate surface area is 142 Å². The summed E-state index contributed by atoms with van der Waals surface area (Å²) in [6.07, 6.45) is 2.46. The van der Waals surface area contributed by atoms with Crippen molar-refractivity contribution in [3.05, 3.63) is 62.8 Å². The normalized spacial score (nSPS) is 14.1. The zero-order valence-electron chi connectivity index (χ0n) is 11.9. The largest absolute Gasteiger partial charge is 0.488 e. The lowest BCUT2D eigenvalue weighted by molar-refractivity contribution is 0.296. The Morgan fingerprint density at radius 2 is 2.09 bits per heavy atom. The molecule has 1 fully saturated rings. The molecule has 0 heterocycles. The second kappa shape index (κ2) is 6.99. The highest BCUT2D eigenvalue weighted by molar-refractivity contribution is 9.10. The van der Waals surface area contributed by atoms with Crippen LogP contribution in [0.1, 0.15) is 24.0 Å². The molecule has 1 aliphatic carbocycles. The second-order valence-corrected chi connectivity index (χ2v) is 6.72. The highest BCUT2D eigenvalue weighted by Crippen LogP contribution is 2.27. The molecule has 3 rings (SSSR count). The van der Waals surface area contributed by atoms with Crippen LogP contribution in [-0.2, 0) is 13.2 Å². The van der Waals surface area contributed by atoms with Crippen LogP contribution in [0.25, 0.3) is 0 Å². The number of rotatable bonds is 6. The second-order valence-electron chi connectivity index (χ2n) is 5.40. The minimum atomic E-state index is -0.345. The fourth-order valence-electron chi connectivity index (χ4n) is 2.19. The topological polar surface area (TPSA) is 21.3 Å². The molecular weight excluding hydrogens is 369 g/mol. The minimum absolute atomic E-state index is 0.115. The van der Waals surface area contributed by atoms with Crippen LogP contribution in [0.4, 0.5) is 4.39 Å². The van der Waals surface area contributed by atoms with E-state index in [2.05, 4.69) is 21.2 Å². The van der Waals surface area contributed by atoms with E-state index in [4.69, 9.17) is 16.3 Å². The number of nitrogens with one attached hydrogen (secondary N) is 1. The van der Waals surface area contributed by atoms with E-state index in [9.17, 15) is 4.39 Å². The number of benzene rings is 2. The predicted molar refractivity (Wildman–Crippen MR) is 89.7 cm³/mol. The summed E-state index contributed by atoms with van der Waals surface area (Å²) in [6, 6.07) is 11.1. The van der Waals surface area contributed by atoms with Gasteiger partial charge in [0.25, 0.3) is 0 Å². The van der Waals surface area contributed by atoms with Gasteiger partial charge in [0.15, 0.2) is 0 Å². The third-order valence-corrected chi connectivity index (χ3v) is 4.46. The van der Waals surface area contributed by atoms with Crippen LogP contribution in [-0.4, -0.2) is 6.04 Å². The first kappa shape index (κ1) is 15.8. The summed E-state index contributed by atoms with van der Waals surface area (Å²) in [5.41, 5.74) is 1.43. The molecule has 0 atom stereocenters. The Balaban J connectivity index is 1.73. The van der Waals surface area contributed by atoms with Gasteiger partial charge in [-0.2, -0.15) is 0 Å². The molecule has 1 aliphatic rings. The van der Waals surface area contributed by atoms with Crippen molar-refractivity contribution in [2.45, 2.75) is 32.0 Å². The van der Waals surface area contributed by atoms with Gasteiger partial charge in [0.2, 0.25) is 0 Å². The monoisotopic (exact) mass is 383 g/mol. The summed E-state index contributed by atoms with van der Waals surface area (Å²) in [6.45, 7) is 0.855. The van der Waals surface area contributed by atoms with Crippen LogP contribution in [0.5, 0.6) is 5.75 Å². The maximum atomic E-state index is 13.8. The zero-order valence-corrected chi connectivity index (χ0v) is 14.3. The van der Waals surface area contributed by atoms with Crippen molar-refractivity contribution in [3.8, 4) is 5.75 Å². The fourth-order valence-corrected chi connectivity index (χ4v) is 2.81. The lowest BCUT2D eigenvalue weighted by atomic mass is 10.2. The third-order valence-electron chi connectivity index (χ3n) is 3.61. The summed E-state index contributed by atoms with van der Waals surface area (Å²) in [7, 11) is 0. The van der Waals surface area contributed by atoms with Gasteiger partial charge in [0.05, 0.1) is 5.02 Å². The predicted octanol–water partition coefficient (Wildman–Crippen LogP) is 5.07. The number of hydrogen-bond donors (Lipinski definition) is 1. The highest BCUT2D eigenvalue weighted by Gasteiger charge is 2.20. The van der Waals surface area contributed by atoms with E-state index in [1.165, 1.54) is 18.9 Å². The molecule has 0 amide bonds. The van der Waals surface area contributed by atoms with Crippen LogP contribution in [0, 0.1) is 5.82 Å². The average Bonchev–Trinajstić information content (AvgIpc) is 3.30. The van der Waals surface area contributed by atoms with Gasteiger partial charge in [-0.05, 0) is 43.2 Å². The van der Waals surface area contributed by atoms with Crippen molar-refractivity contribution in [2.24, 2.45) is 0 Å². The van der Waals surface area contributed by atoms with Gasteiger partial charge in [-0.25, -0.2) is 4.39 Å². The van der Waals surface area contributed by atoms with Gasteiger partial charge in [0.1, 0.15) is 18.2 Å². The Hall–Kier alpha value is -1.10. The van der Waals surface area contributed by atoms with Crippen molar-refractivity contribution >= 4 is 27.5 Å². The van der Waals surface area contributed by atoms with Crippen LogP contribution >= 0.6 is 27.5 Å². The molecule has 0 saturated heterocycles. The first-order chi connectivity index (χ1) is 10.6. The molecule has 0 aromatic heterocycles. The van der Waals surface area contributed by atoms with Crippen molar-refractivity contribution in [3.63, 3.8) is 0 Å². The molecule has 5 heteroatoms. The van der Waals surface area contributed by atoms with E-state index < -0.39 is 0 Å². The molecule has 0 aliphatic heterocycles.